The van der Waals surface area contributed by atoms with Gasteiger partial charge in [0.15, 0.2) is 6.10 Å². The third-order valence-electron chi connectivity index (χ3n) is 4.24. The molecule has 4 aromatic rings. The van der Waals surface area contributed by atoms with E-state index in [1.807, 2.05) is 19.1 Å². The molecule has 2 heterocycles. The second-order valence-corrected chi connectivity index (χ2v) is 6.16. The highest BCUT2D eigenvalue weighted by Crippen LogP contribution is 2.23. The lowest BCUT2D eigenvalue weighted by Crippen LogP contribution is -2.21. The van der Waals surface area contributed by atoms with E-state index in [1.165, 1.54) is 4.52 Å². The molecule has 0 aliphatic carbocycles. The summed E-state index contributed by atoms with van der Waals surface area (Å²) in [7, 11) is 0. The first kappa shape index (κ1) is 17.5. The normalized spacial score (nSPS) is 11.9. The lowest BCUT2D eigenvalue weighted by atomic mass is 10.00. The smallest absolute Gasteiger partial charge is 0.379 e. The number of hydrogen-bond donors (Lipinski definition) is 0. The quantitative estimate of drug-likeness (QED) is 0.395. The van der Waals surface area contributed by atoms with Crippen LogP contribution in [0.15, 0.2) is 72.9 Å². The molecule has 0 bridgehead atoms. The van der Waals surface area contributed by atoms with E-state index in [9.17, 15) is 9.59 Å². The van der Waals surface area contributed by atoms with Gasteiger partial charge in [-0.15, -0.1) is 5.10 Å². The van der Waals surface area contributed by atoms with Crippen molar-refractivity contribution in [3.63, 3.8) is 0 Å². The van der Waals surface area contributed by atoms with Gasteiger partial charge in [-0.05, 0) is 13.0 Å². The second kappa shape index (κ2) is 7.40. The molecular formula is C21H16N4O3. The van der Waals surface area contributed by atoms with Crippen molar-refractivity contribution >= 4 is 17.5 Å². The number of aryl methyl sites for hydroxylation is 1. The molecular weight excluding hydrogens is 356 g/mol. The molecule has 7 nitrogen and oxygen atoms in total. The molecule has 0 fully saturated rings. The minimum absolute atomic E-state index is 0.149. The van der Waals surface area contributed by atoms with E-state index in [-0.39, 0.29) is 17.4 Å². The van der Waals surface area contributed by atoms with Crippen molar-refractivity contribution in [1.29, 1.82) is 0 Å². The van der Waals surface area contributed by atoms with Crippen LogP contribution in [-0.2, 0) is 4.74 Å². The predicted molar refractivity (Wildman–Crippen MR) is 101 cm³/mol. The van der Waals surface area contributed by atoms with Gasteiger partial charge >= 0.3 is 5.97 Å². The summed E-state index contributed by atoms with van der Waals surface area (Å²) in [4.78, 5) is 33.9. The minimum Gasteiger partial charge on any atom is -0.443 e. The van der Waals surface area contributed by atoms with E-state index in [1.54, 1.807) is 60.8 Å². The topological polar surface area (TPSA) is 86.5 Å². The lowest BCUT2D eigenvalue weighted by molar-refractivity contribution is 0.0268. The highest BCUT2D eigenvalue weighted by Gasteiger charge is 2.28. The number of Topliss-reactive ketones (excluding diaryl/α,β-unsaturated/α-hetero) is 1. The molecule has 0 saturated heterocycles. The molecule has 2 aromatic heterocycles. The van der Waals surface area contributed by atoms with Gasteiger partial charge in [-0.2, -0.15) is 4.98 Å². The highest BCUT2D eigenvalue weighted by molar-refractivity contribution is 6.01. The Balaban J connectivity index is 1.67. The molecule has 0 saturated carbocycles. The van der Waals surface area contributed by atoms with Crippen molar-refractivity contribution in [3.8, 4) is 0 Å². The molecule has 0 amide bonds. The monoisotopic (exact) mass is 372 g/mol. The summed E-state index contributed by atoms with van der Waals surface area (Å²) < 4.78 is 7.01. The van der Waals surface area contributed by atoms with Gasteiger partial charge in [0.05, 0.1) is 0 Å². The number of carbonyl (C=O) groups excluding carboxylic acids is 2. The van der Waals surface area contributed by atoms with Crippen molar-refractivity contribution < 1.29 is 14.3 Å². The summed E-state index contributed by atoms with van der Waals surface area (Å²) in [6, 6.07) is 19.3. The van der Waals surface area contributed by atoms with E-state index in [4.69, 9.17) is 4.74 Å². The molecule has 0 radical (unpaired) electrons. The Kier molecular flexibility index (Phi) is 4.63. The van der Waals surface area contributed by atoms with Gasteiger partial charge in [-0.3, -0.25) is 4.79 Å². The second-order valence-electron chi connectivity index (χ2n) is 6.16. The summed E-state index contributed by atoms with van der Waals surface area (Å²) in [5.74, 6) is -0.970. The van der Waals surface area contributed by atoms with E-state index >= 15 is 0 Å². The number of esters is 1. The van der Waals surface area contributed by atoms with Crippen LogP contribution < -0.4 is 0 Å². The van der Waals surface area contributed by atoms with Crippen LogP contribution in [0.1, 0.15) is 38.3 Å². The van der Waals surface area contributed by atoms with Crippen LogP contribution in [0.4, 0.5) is 0 Å². The average molecular weight is 372 g/mol. The molecule has 138 valence electrons. The molecule has 7 heteroatoms. The van der Waals surface area contributed by atoms with E-state index in [0.717, 1.165) is 5.69 Å². The predicted octanol–water partition coefficient (Wildman–Crippen LogP) is 3.21. The maximum absolute atomic E-state index is 13.0. The van der Waals surface area contributed by atoms with Gasteiger partial charge in [0.1, 0.15) is 0 Å². The fraction of sp³-hybridized carbons (Fsp3) is 0.0952. The van der Waals surface area contributed by atoms with Gasteiger partial charge < -0.3 is 4.74 Å². The number of benzene rings is 2. The number of fused-ring (bicyclic) bond motifs is 1. The van der Waals surface area contributed by atoms with Crippen molar-refractivity contribution in [3.05, 3.63) is 95.6 Å². The maximum atomic E-state index is 13.0. The number of rotatable bonds is 5. The fourth-order valence-corrected chi connectivity index (χ4v) is 2.81. The summed E-state index contributed by atoms with van der Waals surface area (Å²) in [5.41, 5.74) is 1.80. The summed E-state index contributed by atoms with van der Waals surface area (Å²) in [6.45, 7) is 1.82. The van der Waals surface area contributed by atoms with Gasteiger partial charge in [0.2, 0.25) is 5.78 Å². The van der Waals surface area contributed by atoms with E-state index < -0.39 is 12.1 Å². The first-order valence-electron chi connectivity index (χ1n) is 8.67. The van der Waals surface area contributed by atoms with Crippen LogP contribution in [0.25, 0.3) is 5.78 Å². The van der Waals surface area contributed by atoms with Crippen LogP contribution in [0.5, 0.6) is 0 Å². The fourth-order valence-electron chi connectivity index (χ4n) is 2.81. The average Bonchev–Trinajstić information content (AvgIpc) is 3.19. The number of ketones is 1. The number of aromatic nitrogens is 4. The van der Waals surface area contributed by atoms with Crippen LogP contribution in [0.2, 0.25) is 0 Å². The van der Waals surface area contributed by atoms with Crippen molar-refractivity contribution in [2.45, 2.75) is 13.0 Å². The molecule has 28 heavy (non-hydrogen) atoms. The zero-order valence-electron chi connectivity index (χ0n) is 15.0. The van der Waals surface area contributed by atoms with Crippen molar-refractivity contribution in [2.24, 2.45) is 0 Å². The molecule has 0 aliphatic rings. The molecule has 0 aliphatic heterocycles. The zero-order valence-corrected chi connectivity index (χ0v) is 15.0. The van der Waals surface area contributed by atoms with Gasteiger partial charge in [0.25, 0.3) is 11.6 Å². The Bertz CT molecular complexity index is 1140. The zero-order chi connectivity index (χ0) is 19.5. The van der Waals surface area contributed by atoms with E-state index in [2.05, 4.69) is 15.1 Å². The minimum atomic E-state index is -1.10. The SMILES string of the molecule is Cc1ccnc2nc(C(=O)OC(C(=O)c3ccccc3)c3ccccc3)nn12. The first-order chi connectivity index (χ1) is 13.6. The third kappa shape index (κ3) is 3.37. The largest absolute Gasteiger partial charge is 0.443 e. The first-order valence-corrected chi connectivity index (χ1v) is 8.67. The van der Waals surface area contributed by atoms with Gasteiger partial charge in [-0.1, -0.05) is 60.7 Å². The number of ether oxygens (including phenoxy) is 1. The molecule has 2 aromatic carbocycles. The Labute approximate surface area is 160 Å². The Hall–Kier alpha value is -3.87. The Morgan fingerprint density at radius 2 is 1.64 bits per heavy atom. The van der Waals surface area contributed by atoms with Crippen molar-refractivity contribution in [2.75, 3.05) is 0 Å². The van der Waals surface area contributed by atoms with Crippen LogP contribution in [0, 0.1) is 6.92 Å². The van der Waals surface area contributed by atoms with Crippen molar-refractivity contribution in [1.82, 2.24) is 19.6 Å². The van der Waals surface area contributed by atoms with Gasteiger partial charge in [-0.25, -0.2) is 14.3 Å². The number of hydrogen-bond acceptors (Lipinski definition) is 6. The third-order valence-corrected chi connectivity index (χ3v) is 4.24. The van der Waals surface area contributed by atoms with Crippen LogP contribution in [-0.4, -0.2) is 31.3 Å². The molecule has 1 atom stereocenters. The molecule has 0 N–H and O–H groups in total. The van der Waals surface area contributed by atoms with Crippen LogP contribution in [0.3, 0.4) is 0 Å². The standard InChI is InChI=1S/C21H16N4O3/c1-14-12-13-22-21-23-19(24-25(14)21)20(27)28-18(16-10-6-3-7-11-16)17(26)15-8-4-2-5-9-15/h2-13,18H,1H3. The molecule has 1 unspecified atom stereocenters. The summed E-state index contributed by atoms with van der Waals surface area (Å²) >= 11 is 0. The summed E-state index contributed by atoms with van der Waals surface area (Å²) in [6.07, 6.45) is 0.483. The van der Waals surface area contributed by atoms with Gasteiger partial charge in [0, 0.05) is 23.0 Å². The Morgan fingerprint density at radius 3 is 2.32 bits per heavy atom. The molecule has 4 rings (SSSR count). The maximum Gasteiger partial charge on any atom is 0.379 e. The highest BCUT2D eigenvalue weighted by atomic mass is 16.5. The lowest BCUT2D eigenvalue weighted by Gasteiger charge is -2.16. The summed E-state index contributed by atoms with van der Waals surface area (Å²) in [5, 5.41) is 4.15. The Morgan fingerprint density at radius 1 is 0.964 bits per heavy atom. The van der Waals surface area contributed by atoms with Crippen LogP contribution >= 0.6 is 0 Å². The molecule has 0 spiro atoms. The number of carbonyl (C=O) groups is 2. The van der Waals surface area contributed by atoms with E-state index in [0.29, 0.717) is 11.1 Å². The number of nitrogens with zero attached hydrogens (tertiary/aromatic N) is 4.